The molecule has 0 radical (unpaired) electrons. The van der Waals surface area contributed by atoms with Crippen molar-refractivity contribution in [2.24, 2.45) is 0 Å². The van der Waals surface area contributed by atoms with Gasteiger partial charge in [0.2, 0.25) is 5.91 Å². The number of likely N-dealkylation sites (N-methyl/N-ethyl adjacent to an activating group) is 1. The highest BCUT2D eigenvalue weighted by atomic mass is 16.2. The van der Waals surface area contributed by atoms with Crippen molar-refractivity contribution < 1.29 is 9.59 Å². The Hall–Kier alpha value is -2.70. The Morgan fingerprint density at radius 2 is 1.84 bits per heavy atom. The number of piperazine rings is 1. The third-order valence-electron chi connectivity index (χ3n) is 4.64. The number of unbranched alkanes of at least 4 members (excludes halogenated alkanes) is 1. The van der Waals surface area contributed by atoms with E-state index >= 15 is 0 Å². The lowest BCUT2D eigenvalue weighted by Crippen LogP contribution is -2.57. The molecule has 2 aromatic rings. The highest BCUT2D eigenvalue weighted by Gasteiger charge is 2.35. The van der Waals surface area contributed by atoms with Gasteiger partial charge in [0.05, 0.1) is 0 Å². The van der Waals surface area contributed by atoms with Crippen LogP contribution in [0.4, 0.5) is 0 Å². The summed E-state index contributed by atoms with van der Waals surface area (Å²) in [6.45, 7) is 3.24. The molecule has 7 nitrogen and oxygen atoms in total. The second kappa shape index (κ2) is 7.46. The van der Waals surface area contributed by atoms with Crippen LogP contribution in [0.25, 0.3) is 5.69 Å². The number of nitrogens with zero attached hydrogens (tertiary/aromatic N) is 5. The monoisotopic (exact) mass is 341 g/mol. The standard InChI is InChI=1S/C18H23N5O2/c1-3-4-5-16-18(25)21(2)10-11-23(16)17(24)14-6-8-15(9-7-14)22-12-19-20-13-22/h6-9,12-13,16H,3-5,10-11H2,1-2H3/t16-/m0/s1. The van der Waals surface area contributed by atoms with Crippen LogP contribution >= 0.6 is 0 Å². The molecule has 0 unspecified atom stereocenters. The van der Waals surface area contributed by atoms with E-state index in [1.165, 1.54) is 0 Å². The molecule has 1 aliphatic heterocycles. The summed E-state index contributed by atoms with van der Waals surface area (Å²) in [7, 11) is 1.80. The molecule has 1 aromatic heterocycles. The van der Waals surface area contributed by atoms with Crippen molar-refractivity contribution in [2.45, 2.75) is 32.2 Å². The van der Waals surface area contributed by atoms with Crippen molar-refractivity contribution in [1.29, 1.82) is 0 Å². The number of benzene rings is 1. The average Bonchev–Trinajstić information content (AvgIpc) is 3.17. The van der Waals surface area contributed by atoms with E-state index < -0.39 is 0 Å². The molecule has 0 aliphatic carbocycles. The first-order chi connectivity index (χ1) is 12.1. The summed E-state index contributed by atoms with van der Waals surface area (Å²) in [6.07, 6.45) is 5.86. The maximum Gasteiger partial charge on any atom is 0.254 e. The summed E-state index contributed by atoms with van der Waals surface area (Å²) < 4.78 is 1.78. The molecule has 132 valence electrons. The fourth-order valence-corrected chi connectivity index (χ4v) is 3.11. The van der Waals surface area contributed by atoms with E-state index in [0.29, 0.717) is 25.1 Å². The molecule has 1 atom stereocenters. The minimum atomic E-state index is -0.358. The van der Waals surface area contributed by atoms with Crippen LogP contribution in [0.2, 0.25) is 0 Å². The fourth-order valence-electron chi connectivity index (χ4n) is 3.11. The molecule has 2 heterocycles. The lowest BCUT2D eigenvalue weighted by Gasteiger charge is -2.39. The van der Waals surface area contributed by atoms with Gasteiger partial charge < -0.3 is 9.80 Å². The normalized spacial score (nSPS) is 17.8. The topological polar surface area (TPSA) is 71.3 Å². The molecule has 2 amide bonds. The smallest absolute Gasteiger partial charge is 0.254 e. The van der Waals surface area contributed by atoms with Gasteiger partial charge in [0.1, 0.15) is 18.7 Å². The van der Waals surface area contributed by atoms with Gasteiger partial charge in [0.25, 0.3) is 5.91 Å². The van der Waals surface area contributed by atoms with Crippen molar-refractivity contribution >= 4 is 11.8 Å². The van der Waals surface area contributed by atoms with Crippen LogP contribution in [-0.4, -0.2) is 62.6 Å². The number of amides is 2. The zero-order valence-electron chi connectivity index (χ0n) is 14.6. The van der Waals surface area contributed by atoms with E-state index in [1.54, 1.807) is 46.2 Å². The van der Waals surface area contributed by atoms with Gasteiger partial charge >= 0.3 is 0 Å². The Bertz CT molecular complexity index is 726. The molecule has 0 bridgehead atoms. The maximum atomic E-state index is 12.9. The number of hydrogen-bond donors (Lipinski definition) is 0. The summed E-state index contributed by atoms with van der Waals surface area (Å²) in [6, 6.07) is 6.93. The molecular formula is C18H23N5O2. The first-order valence-electron chi connectivity index (χ1n) is 8.63. The van der Waals surface area contributed by atoms with Crippen LogP contribution < -0.4 is 0 Å². The molecule has 1 aromatic carbocycles. The third-order valence-corrected chi connectivity index (χ3v) is 4.64. The summed E-state index contributed by atoms with van der Waals surface area (Å²) in [4.78, 5) is 28.9. The quantitative estimate of drug-likeness (QED) is 0.830. The van der Waals surface area contributed by atoms with Gasteiger partial charge in [-0.15, -0.1) is 10.2 Å². The Kier molecular flexibility index (Phi) is 5.11. The first kappa shape index (κ1) is 17.1. The zero-order chi connectivity index (χ0) is 17.8. The van der Waals surface area contributed by atoms with E-state index in [9.17, 15) is 9.59 Å². The van der Waals surface area contributed by atoms with Crippen molar-refractivity contribution in [1.82, 2.24) is 24.6 Å². The summed E-state index contributed by atoms with van der Waals surface area (Å²) in [5.74, 6) is -0.0491. The minimum Gasteiger partial charge on any atom is -0.342 e. The summed E-state index contributed by atoms with van der Waals surface area (Å²) >= 11 is 0. The van der Waals surface area contributed by atoms with Gasteiger partial charge in [0.15, 0.2) is 0 Å². The number of hydrogen-bond acceptors (Lipinski definition) is 4. The van der Waals surface area contributed by atoms with Crippen LogP contribution in [0, 0.1) is 0 Å². The van der Waals surface area contributed by atoms with Crippen LogP contribution in [0.15, 0.2) is 36.9 Å². The maximum absolute atomic E-state index is 12.9. The van der Waals surface area contributed by atoms with Crippen LogP contribution in [0.3, 0.4) is 0 Å². The second-order valence-corrected chi connectivity index (χ2v) is 6.33. The Morgan fingerprint density at radius 1 is 1.16 bits per heavy atom. The van der Waals surface area contributed by atoms with E-state index in [-0.39, 0.29) is 17.9 Å². The Balaban J connectivity index is 1.79. The van der Waals surface area contributed by atoms with Gasteiger partial charge in [0, 0.05) is 31.4 Å². The highest BCUT2D eigenvalue weighted by Crippen LogP contribution is 2.20. The molecule has 1 aliphatic rings. The highest BCUT2D eigenvalue weighted by molar-refractivity contribution is 5.98. The zero-order valence-corrected chi connectivity index (χ0v) is 14.6. The molecule has 1 fully saturated rings. The largest absolute Gasteiger partial charge is 0.342 e. The van der Waals surface area contributed by atoms with Crippen LogP contribution in [0.5, 0.6) is 0 Å². The van der Waals surface area contributed by atoms with E-state index in [1.807, 2.05) is 12.1 Å². The van der Waals surface area contributed by atoms with Crippen LogP contribution in [-0.2, 0) is 4.79 Å². The second-order valence-electron chi connectivity index (χ2n) is 6.33. The predicted molar refractivity (Wildman–Crippen MR) is 93.3 cm³/mol. The number of carbonyl (C=O) groups excluding carboxylic acids is 2. The molecule has 25 heavy (non-hydrogen) atoms. The van der Waals surface area contributed by atoms with Crippen molar-refractivity contribution in [3.63, 3.8) is 0 Å². The van der Waals surface area contributed by atoms with Crippen molar-refractivity contribution in [3.05, 3.63) is 42.5 Å². The number of aromatic nitrogens is 3. The molecule has 3 rings (SSSR count). The van der Waals surface area contributed by atoms with E-state index in [2.05, 4.69) is 17.1 Å². The molecule has 0 N–H and O–H groups in total. The number of carbonyl (C=O) groups is 2. The minimum absolute atomic E-state index is 0.0363. The van der Waals surface area contributed by atoms with E-state index in [0.717, 1.165) is 18.5 Å². The van der Waals surface area contributed by atoms with E-state index in [4.69, 9.17) is 0 Å². The average molecular weight is 341 g/mol. The molecule has 7 heteroatoms. The number of rotatable bonds is 5. The molecule has 1 saturated heterocycles. The predicted octanol–water partition coefficient (Wildman–Crippen LogP) is 1.74. The molecule has 0 saturated carbocycles. The summed E-state index contributed by atoms with van der Waals surface area (Å²) in [5.41, 5.74) is 1.48. The van der Waals surface area contributed by atoms with Gasteiger partial charge in [-0.05, 0) is 30.7 Å². The molecule has 0 spiro atoms. The fraction of sp³-hybridized carbons (Fsp3) is 0.444. The summed E-state index contributed by atoms with van der Waals surface area (Å²) in [5, 5.41) is 7.56. The van der Waals surface area contributed by atoms with Crippen LogP contribution in [0.1, 0.15) is 36.5 Å². The van der Waals surface area contributed by atoms with Gasteiger partial charge in [-0.25, -0.2) is 0 Å². The Morgan fingerprint density at radius 3 is 2.48 bits per heavy atom. The lowest BCUT2D eigenvalue weighted by atomic mass is 10.0. The Labute approximate surface area is 147 Å². The molecular weight excluding hydrogens is 318 g/mol. The van der Waals surface area contributed by atoms with Crippen molar-refractivity contribution in [3.8, 4) is 5.69 Å². The van der Waals surface area contributed by atoms with Gasteiger partial charge in [-0.1, -0.05) is 19.8 Å². The van der Waals surface area contributed by atoms with Crippen molar-refractivity contribution in [2.75, 3.05) is 20.1 Å². The van der Waals surface area contributed by atoms with Gasteiger partial charge in [-0.3, -0.25) is 14.2 Å². The third kappa shape index (κ3) is 3.55. The SMILES string of the molecule is CCCC[C@H]1C(=O)N(C)CCN1C(=O)c1ccc(-n2cnnc2)cc1. The lowest BCUT2D eigenvalue weighted by molar-refractivity contribution is -0.138. The van der Waals surface area contributed by atoms with Gasteiger partial charge in [-0.2, -0.15) is 0 Å². The first-order valence-corrected chi connectivity index (χ1v) is 8.63.